The number of hydrogen-bond donors (Lipinski definition) is 1. The lowest BCUT2D eigenvalue weighted by Crippen LogP contribution is -2.29. The molecule has 0 unspecified atom stereocenters. The number of benzene rings is 2. The molecular formula is C18H18FNO4. The molecule has 2 aromatic carbocycles. The number of carbonyl (C=O) groups excluding carboxylic acids is 2. The first-order valence-corrected chi connectivity index (χ1v) is 7.40. The molecule has 0 radical (unpaired) electrons. The normalized spacial score (nSPS) is 10.1. The van der Waals surface area contributed by atoms with Gasteiger partial charge in [0.25, 0.3) is 5.91 Å². The van der Waals surface area contributed by atoms with Crippen LogP contribution < -0.4 is 10.1 Å². The number of nitrogens with one attached hydrogen (secondary N) is 1. The Balaban J connectivity index is 1.68. The topological polar surface area (TPSA) is 64.6 Å². The lowest BCUT2D eigenvalue weighted by atomic mass is 10.1. The fourth-order valence-corrected chi connectivity index (χ4v) is 1.94. The molecule has 0 aliphatic rings. The molecular weight excluding hydrogens is 313 g/mol. The summed E-state index contributed by atoms with van der Waals surface area (Å²) in [6.07, 6.45) is 0. The van der Waals surface area contributed by atoms with Gasteiger partial charge in [-0.2, -0.15) is 0 Å². The number of ether oxygens (including phenoxy) is 2. The van der Waals surface area contributed by atoms with Crippen LogP contribution in [-0.2, 0) is 20.9 Å². The minimum absolute atomic E-state index is 0.218. The van der Waals surface area contributed by atoms with Gasteiger partial charge in [0.2, 0.25) is 0 Å². The highest BCUT2D eigenvalue weighted by molar-refractivity contribution is 5.80. The van der Waals surface area contributed by atoms with Gasteiger partial charge in [-0.1, -0.05) is 30.3 Å². The third-order valence-electron chi connectivity index (χ3n) is 3.25. The van der Waals surface area contributed by atoms with Gasteiger partial charge >= 0.3 is 5.97 Å². The molecule has 0 heterocycles. The summed E-state index contributed by atoms with van der Waals surface area (Å²) in [5.41, 5.74) is 2.06. The van der Waals surface area contributed by atoms with Gasteiger partial charge in [-0.25, -0.2) is 9.18 Å². The van der Waals surface area contributed by atoms with E-state index in [9.17, 15) is 14.0 Å². The van der Waals surface area contributed by atoms with Crippen molar-refractivity contribution in [3.05, 3.63) is 65.5 Å². The zero-order valence-corrected chi connectivity index (χ0v) is 13.3. The maximum absolute atomic E-state index is 12.9. The molecule has 0 bridgehead atoms. The van der Waals surface area contributed by atoms with Gasteiger partial charge in [0.1, 0.15) is 11.6 Å². The van der Waals surface area contributed by atoms with E-state index < -0.39 is 30.9 Å². The second kappa shape index (κ2) is 8.67. The predicted octanol–water partition coefficient (Wildman–Crippen LogP) is 2.37. The van der Waals surface area contributed by atoms with Gasteiger partial charge in [0, 0.05) is 12.6 Å². The zero-order valence-electron chi connectivity index (χ0n) is 13.3. The molecule has 2 aromatic rings. The van der Waals surface area contributed by atoms with E-state index in [1.165, 1.54) is 18.2 Å². The Bertz CT molecular complexity index is 718. The van der Waals surface area contributed by atoms with Crippen LogP contribution in [0.5, 0.6) is 5.75 Å². The standard InChI is InChI=1S/C18H18FNO4/c1-13-5-2-3-6-14(13)10-20-17(21)11-24-18(22)12-23-16-8-4-7-15(19)9-16/h2-9H,10-12H2,1H3,(H,20,21). The molecule has 0 aliphatic carbocycles. The fraction of sp³-hybridized carbons (Fsp3) is 0.222. The molecule has 0 fully saturated rings. The largest absolute Gasteiger partial charge is 0.482 e. The van der Waals surface area contributed by atoms with Gasteiger partial charge in [-0.05, 0) is 30.2 Å². The fourth-order valence-electron chi connectivity index (χ4n) is 1.94. The van der Waals surface area contributed by atoms with Crippen molar-refractivity contribution in [2.75, 3.05) is 13.2 Å². The molecule has 24 heavy (non-hydrogen) atoms. The maximum Gasteiger partial charge on any atom is 0.344 e. The van der Waals surface area contributed by atoms with Crippen LogP contribution in [0.2, 0.25) is 0 Å². The van der Waals surface area contributed by atoms with Crippen molar-refractivity contribution in [3.8, 4) is 5.75 Å². The van der Waals surface area contributed by atoms with E-state index in [0.29, 0.717) is 6.54 Å². The number of rotatable bonds is 7. The van der Waals surface area contributed by atoms with E-state index in [1.54, 1.807) is 0 Å². The molecule has 0 atom stereocenters. The van der Waals surface area contributed by atoms with E-state index in [0.717, 1.165) is 17.2 Å². The Hall–Kier alpha value is -2.89. The molecule has 126 valence electrons. The van der Waals surface area contributed by atoms with Crippen molar-refractivity contribution in [2.24, 2.45) is 0 Å². The highest BCUT2D eigenvalue weighted by atomic mass is 19.1. The summed E-state index contributed by atoms with van der Waals surface area (Å²) in [4.78, 5) is 23.2. The van der Waals surface area contributed by atoms with Crippen LogP contribution in [-0.4, -0.2) is 25.1 Å². The molecule has 6 heteroatoms. The first-order chi connectivity index (χ1) is 11.5. The van der Waals surface area contributed by atoms with E-state index in [-0.39, 0.29) is 5.75 Å². The summed E-state index contributed by atoms with van der Waals surface area (Å²) in [5.74, 6) is -1.35. The van der Waals surface area contributed by atoms with Crippen LogP contribution >= 0.6 is 0 Å². The predicted molar refractivity (Wildman–Crippen MR) is 85.9 cm³/mol. The smallest absolute Gasteiger partial charge is 0.344 e. The van der Waals surface area contributed by atoms with Crippen molar-refractivity contribution in [2.45, 2.75) is 13.5 Å². The summed E-state index contributed by atoms with van der Waals surface area (Å²) in [6.45, 7) is 1.53. The highest BCUT2D eigenvalue weighted by Crippen LogP contribution is 2.11. The van der Waals surface area contributed by atoms with Crippen molar-refractivity contribution in [1.29, 1.82) is 0 Å². The van der Waals surface area contributed by atoms with Crippen molar-refractivity contribution in [3.63, 3.8) is 0 Å². The maximum atomic E-state index is 12.9. The Morgan fingerprint density at radius 2 is 1.88 bits per heavy atom. The number of esters is 1. The van der Waals surface area contributed by atoms with Gasteiger partial charge in [-0.15, -0.1) is 0 Å². The molecule has 0 aromatic heterocycles. The average molecular weight is 331 g/mol. The van der Waals surface area contributed by atoms with E-state index in [2.05, 4.69) is 5.32 Å². The molecule has 0 saturated carbocycles. The van der Waals surface area contributed by atoms with Gasteiger partial charge < -0.3 is 14.8 Å². The van der Waals surface area contributed by atoms with Gasteiger partial charge in [0.15, 0.2) is 13.2 Å². The zero-order chi connectivity index (χ0) is 17.4. The van der Waals surface area contributed by atoms with Crippen LogP contribution in [0.15, 0.2) is 48.5 Å². The summed E-state index contributed by atoms with van der Waals surface area (Å²) in [5, 5.41) is 2.67. The summed E-state index contributed by atoms with van der Waals surface area (Å²) in [7, 11) is 0. The van der Waals surface area contributed by atoms with Crippen LogP contribution in [0.4, 0.5) is 4.39 Å². The van der Waals surface area contributed by atoms with Crippen LogP contribution in [0.3, 0.4) is 0 Å². The molecule has 1 N–H and O–H groups in total. The first-order valence-electron chi connectivity index (χ1n) is 7.40. The third-order valence-corrected chi connectivity index (χ3v) is 3.25. The summed E-state index contributed by atoms with van der Waals surface area (Å²) in [6, 6.07) is 13.1. The van der Waals surface area contributed by atoms with Gasteiger partial charge in [0.05, 0.1) is 0 Å². The van der Waals surface area contributed by atoms with Gasteiger partial charge in [-0.3, -0.25) is 4.79 Å². The Kier molecular flexibility index (Phi) is 6.31. The minimum Gasteiger partial charge on any atom is -0.482 e. The lowest BCUT2D eigenvalue weighted by molar-refractivity contribution is -0.150. The minimum atomic E-state index is -0.703. The third kappa shape index (κ3) is 5.72. The monoisotopic (exact) mass is 331 g/mol. The Morgan fingerprint density at radius 3 is 2.62 bits per heavy atom. The second-order valence-corrected chi connectivity index (χ2v) is 5.11. The molecule has 0 aliphatic heterocycles. The number of hydrogen-bond acceptors (Lipinski definition) is 4. The van der Waals surface area contributed by atoms with E-state index >= 15 is 0 Å². The number of aryl methyl sites for hydroxylation is 1. The lowest BCUT2D eigenvalue weighted by Gasteiger charge is -2.09. The van der Waals surface area contributed by atoms with Crippen LogP contribution in [0.25, 0.3) is 0 Å². The van der Waals surface area contributed by atoms with Crippen molar-refractivity contribution in [1.82, 2.24) is 5.32 Å². The summed E-state index contributed by atoms with van der Waals surface area (Å²) < 4.78 is 22.8. The van der Waals surface area contributed by atoms with Crippen molar-refractivity contribution < 1.29 is 23.5 Å². The van der Waals surface area contributed by atoms with E-state index in [4.69, 9.17) is 9.47 Å². The number of halogens is 1. The van der Waals surface area contributed by atoms with Crippen molar-refractivity contribution >= 4 is 11.9 Å². The number of carbonyl (C=O) groups is 2. The molecule has 1 amide bonds. The first kappa shape index (κ1) is 17.5. The Morgan fingerprint density at radius 1 is 1.08 bits per heavy atom. The molecule has 5 nitrogen and oxygen atoms in total. The SMILES string of the molecule is Cc1ccccc1CNC(=O)COC(=O)COc1cccc(F)c1. The average Bonchev–Trinajstić information content (AvgIpc) is 2.57. The Labute approximate surface area is 139 Å². The van der Waals surface area contributed by atoms with Crippen LogP contribution in [0.1, 0.15) is 11.1 Å². The molecule has 0 spiro atoms. The number of amides is 1. The summed E-state index contributed by atoms with van der Waals surface area (Å²) >= 11 is 0. The molecule has 0 saturated heterocycles. The quantitative estimate of drug-likeness (QED) is 0.791. The van der Waals surface area contributed by atoms with E-state index in [1.807, 2.05) is 31.2 Å². The molecule has 2 rings (SSSR count). The van der Waals surface area contributed by atoms with Crippen LogP contribution in [0, 0.1) is 12.7 Å². The highest BCUT2D eigenvalue weighted by Gasteiger charge is 2.09. The second-order valence-electron chi connectivity index (χ2n) is 5.11.